The number of alkyl halides is 6. The molecule has 0 aliphatic heterocycles. The van der Waals surface area contributed by atoms with Gasteiger partial charge in [-0.15, -0.1) is 10.2 Å². The van der Waals surface area contributed by atoms with Crippen molar-refractivity contribution in [3.05, 3.63) is 43.5 Å². The largest absolute Gasteiger partial charge is 0.424 e. The number of benzene rings is 1. The van der Waals surface area contributed by atoms with E-state index in [1.807, 2.05) is 0 Å². The first-order chi connectivity index (χ1) is 14.2. The fraction of sp³-hybridized carbons (Fsp3) is 0.286. The Morgan fingerprint density at radius 3 is 1.94 bits per heavy atom. The summed E-state index contributed by atoms with van der Waals surface area (Å²) in [6, 6.07) is 5.96. The molecule has 0 saturated heterocycles. The molecule has 7 nitrogen and oxygen atoms in total. The normalized spacial score (nSPS) is 11.8. The van der Waals surface area contributed by atoms with Crippen LogP contribution < -0.4 is 4.74 Å². The molecule has 0 spiro atoms. The highest BCUT2D eigenvalue weighted by Gasteiger charge is 2.31. The third-order valence-electron chi connectivity index (χ3n) is 2.88. The highest BCUT2D eigenvalue weighted by atomic mass is 79.9. The van der Waals surface area contributed by atoms with E-state index in [1.165, 1.54) is 6.07 Å². The second-order valence-electron chi connectivity index (χ2n) is 5.42. The van der Waals surface area contributed by atoms with E-state index < -0.39 is 25.4 Å². The first-order valence-electron chi connectivity index (χ1n) is 7.65. The lowest BCUT2D eigenvalue weighted by molar-refractivity contribution is -0.144. The minimum Gasteiger partial charge on any atom is -0.424 e. The van der Waals surface area contributed by atoms with Crippen molar-refractivity contribution in [3.63, 3.8) is 0 Å². The number of rotatable bonds is 4. The van der Waals surface area contributed by atoms with Crippen LogP contribution in [0.25, 0.3) is 0 Å². The monoisotopic (exact) mass is 662 g/mol. The van der Waals surface area contributed by atoms with Crippen LogP contribution in [0.2, 0.25) is 5.02 Å². The zero-order chi connectivity index (χ0) is 23.4. The van der Waals surface area contributed by atoms with E-state index in [-0.39, 0.29) is 26.0 Å². The quantitative estimate of drug-likeness (QED) is 0.302. The Bertz CT molecular complexity index is 1020. The second-order valence-corrected chi connectivity index (χ2v) is 7.98. The van der Waals surface area contributed by atoms with Crippen molar-refractivity contribution in [2.24, 2.45) is 0 Å². The maximum atomic E-state index is 12.4. The van der Waals surface area contributed by atoms with Gasteiger partial charge in [0.25, 0.3) is 0 Å². The summed E-state index contributed by atoms with van der Waals surface area (Å²) in [7, 11) is 0. The van der Waals surface area contributed by atoms with Gasteiger partial charge in [0.05, 0.1) is 0 Å². The maximum Gasteiger partial charge on any atom is 0.408 e. The van der Waals surface area contributed by atoms with E-state index in [4.69, 9.17) is 16.3 Å². The van der Waals surface area contributed by atoms with Crippen LogP contribution in [0.15, 0.2) is 38.5 Å². The molecule has 0 unspecified atom stereocenters. The Kier molecular flexibility index (Phi) is 8.75. The fourth-order valence-electron chi connectivity index (χ4n) is 1.85. The van der Waals surface area contributed by atoms with E-state index >= 15 is 0 Å². The van der Waals surface area contributed by atoms with Crippen molar-refractivity contribution in [3.8, 4) is 11.8 Å². The molecular weight excluding hydrogens is 657 g/mol. The number of nitrogens with zero attached hydrogens (tertiary/aromatic N) is 6. The van der Waals surface area contributed by atoms with Crippen molar-refractivity contribution in [2.45, 2.75) is 25.4 Å². The molecule has 0 atom stereocenters. The summed E-state index contributed by atoms with van der Waals surface area (Å²) in [4.78, 5) is 7.30. The summed E-state index contributed by atoms with van der Waals surface area (Å²) < 4.78 is 79.2. The van der Waals surface area contributed by atoms with Crippen molar-refractivity contribution >= 4 is 59.4 Å². The van der Waals surface area contributed by atoms with Crippen LogP contribution in [0.4, 0.5) is 26.3 Å². The van der Waals surface area contributed by atoms with Gasteiger partial charge in [0.15, 0.2) is 4.73 Å². The minimum absolute atomic E-state index is 0.00813. The first kappa shape index (κ1) is 25.9. The van der Waals surface area contributed by atoms with Crippen LogP contribution in [0.1, 0.15) is 0 Å². The Labute approximate surface area is 200 Å². The van der Waals surface area contributed by atoms with Gasteiger partial charge in [-0.05, 0) is 66.0 Å². The number of hydrogen-bond donors (Lipinski definition) is 0. The van der Waals surface area contributed by atoms with Gasteiger partial charge < -0.3 is 4.74 Å². The molecule has 1 aromatic carbocycles. The summed E-state index contributed by atoms with van der Waals surface area (Å²) in [5.41, 5.74) is 0. The number of ether oxygens (including phenoxy) is 1. The molecule has 0 aliphatic rings. The molecule has 0 bridgehead atoms. The smallest absolute Gasteiger partial charge is 0.408 e. The summed E-state index contributed by atoms with van der Waals surface area (Å²) in [5.74, 6) is 0.274. The molecule has 0 N–H and O–H groups in total. The highest BCUT2D eigenvalue weighted by molar-refractivity contribution is 9.11. The Hall–Kier alpha value is -1.39. The third-order valence-corrected chi connectivity index (χ3v) is 4.37. The zero-order valence-electron chi connectivity index (χ0n) is 14.6. The van der Waals surface area contributed by atoms with Gasteiger partial charge in [0.2, 0.25) is 9.47 Å². The lowest BCUT2D eigenvalue weighted by Crippen LogP contribution is -2.19. The van der Waals surface area contributed by atoms with Crippen LogP contribution in [-0.2, 0) is 13.1 Å². The Morgan fingerprint density at radius 1 is 0.871 bits per heavy atom. The van der Waals surface area contributed by atoms with Crippen molar-refractivity contribution in [1.82, 2.24) is 29.5 Å². The average molecular weight is 665 g/mol. The number of aromatic nitrogens is 6. The predicted molar refractivity (Wildman–Crippen MR) is 107 cm³/mol. The Balaban J connectivity index is 0.000000245. The van der Waals surface area contributed by atoms with E-state index in [0.29, 0.717) is 14.4 Å². The number of halogens is 10. The van der Waals surface area contributed by atoms with Crippen LogP contribution in [0.3, 0.4) is 0 Å². The molecule has 170 valence electrons. The molecule has 2 aromatic heterocycles. The molecule has 0 saturated carbocycles. The van der Waals surface area contributed by atoms with E-state index in [9.17, 15) is 26.3 Å². The average Bonchev–Trinajstić information content (AvgIpc) is 3.06. The molecule has 3 aromatic rings. The second kappa shape index (κ2) is 10.5. The van der Waals surface area contributed by atoms with Gasteiger partial charge in [-0.3, -0.25) is 0 Å². The van der Waals surface area contributed by atoms with Gasteiger partial charge in [0.1, 0.15) is 18.8 Å². The van der Waals surface area contributed by atoms with Crippen LogP contribution >= 0.6 is 59.4 Å². The van der Waals surface area contributed by atoms with Crippen LogP contribution in [-0.4, -0.2) is 41.9 Å². The third kappa shape index (κ3) is 9.33. The molecule has 0 amide bonds. The van der Waals surface area contributed by atoms with Crippen molar-refractivity contribution in [2.75, 3.05) is 0 Å². The van der Waals surface area contributed by atoms with Crippen molar-refractivity contribution in [1.29, 1.82) is 0 Å². The zero-order valence-corrected chi connectivity index (χ0v) is 20.1. The van der Waals surface area contributed by atoms with Crippen LogP contribution in [0.5, 0.6) is 11.8 Å². The summed E-state index contributed by atoms with van der Waals surface area (Å²) in [6.07, 6.45) is -8.70. The topological polar surface area (TPSA) is 70.7 Å². The standard InChI is InChI=1S/C10H6BrClF3N3O.C4H2Br2F3N3/c11-8-16-9(18(17-8)5-10(13,14)15)19-7-3-1-2-6(12)4-7;5-2-10-3(6)12(11-2)1-4(7,8)9/h1-4H,5H2;1H2. The molecule has 0 radical (unpaired) electrons. The highest BCUT2D eigenvalue weighted by Crippen LogP contribution is 2.26. The summed E-state index contributed by atoms with van der Waals surface area (Å²) >= 11 is 14.3. The first-order valence-corrected chi connectivity index (χ1v) is 10.4. The van der Waals surface area contributed by atoms with E-state index in [2.05, 4.69) is 68.0 Å². The van der Waals surface area contributed by atoms with E-state index in [1.54, 1.807) is 18.2 Å². The Morgan fingerprint density at radius 2 is 1.42 bits per heavy atom. The molecule has 31 heavy (non-hydrogen) atoms. The summed E-state index contributed by atoms with van der Waals surface area (Å²) in [5, 5.41) is 7.41. The van der Waals surface area contributed by atoms with Gasteiger partial charge in [-0.25, -0.2) is 9.36 Å². The van der Waals surface area contributed by atoms with Gasteiger partial charge in [-0.2, -0.15) is 36.3 Å². The summed E-state index contributed by atoms with van der Waals surface area (Å²) in [6.45, 7) is -2.44. The van der Waals surface area contributed by atoms with Gasteiger partial charge in [-0.1, -0.05) is 17.7 Å². The maximum absolute atomic E-state index is 12.4. The predicted octanol–water partition coefficient (Wildman–Crippen LogP) is 6.41. The van der Waals surface area contributed by atoms with E-state index in [0.717, 1.165) is 0 Å². The van der Waals surface area contributed by atoms with Crippen molar-refractivity contribution < 1.29 is 31.1 Å². The van der Waals surface area contributed by atoms with Gasteiger partial charge in [0, 0.05) is 5.02 Å². The van der Waals surface area contributed by atoms with Crippen LogP contribution in [0, 0.1) is 0 Å². The number of hydrogen-bond acceptors (Lipinski definition) is 5. The molecule has 3 rings (SSSR count). The minimum atomic E-state index is -4.42. The SMILES string of the molecule is FC(F)(F)Cn1nc(Br)nc1Br.FC(F)(F)Cn1nc(Br)nc1Oc1cccc(Cl)c1. The molecule has 0 fully saturated rings. The van der Waals surface area contributed by atoms with Gasteiger partial charge >= 0.3 is 18.4 Å². The molecule has 2 heterocycles. The molecule has 0 aliphatic carbocycles. The fourth-order valence-corrected chi connectivity index (χ4v) is 3.35. The molecule has 17 heteroatoms. The molecular formula is C14H8Br3ClF6N6O. The lowest BCUT2D eigenvalue weighted by Gasteiger charge is -2.09. The lowest BCUT2D eigenvalue weighted by atomic mass is 10.3.